The molecule has 0 radical (unpaired) electrons. The molecule has 0 bridgehead atoms. The predicted octanol–water partition coefficient (Wildman–Crippen LogP) is 1.86. The summed E-state index contributed by atoms with van der Waals surface area (Å²) in [6, 6.07) is 4.02. The molecule has 1 heterocycles. The Morgan fingerprint density at radius 1 is 1.31 bits per heavy atom. The molecule has 4 nitrogen and oxygen atoms in total. The van der Waals surface area contributed by atoms with Gasteiger partial charge in [0.25, 0.3) is 0 Å². The van der Waals surface area contributed by atoms with Gasteiger partial charge in [-0.25, -0.2) is 4.98 Å². The van der Waals surface area contributed by atoms with Crippen LogP contribution in [-0.4, -0.2) is 38.5 Å². The summed E-state index contributed by atoms with van der Waals surface area (Å²) < 4.78 is 10.2. The smallest absolute Gasteiger partial charge is 0.126 e. The molecule has 0 atom stereocenters. The maximum absolute atomic E-state index is 5.35. The summed E-state index contributed by atoms with van der Waals surface area (Å²) >= 11 is 0. The van der Waals surface area contributed by atoms with Crippen molar-refractivity contribution >= 4 is 5.82 Å². The molecule has 1 rings (SSSR count). The fourth-order valence-electron chi connectivity index (χ4n) is 1.27. The van der Waals surface area contributed by atoms with Crippen molar-refractivity contribution in [3.8, 4) is 0 Å². The average Bonchev–Trinajstić information content (AvgIpc) is 2.28. The van der Waals surface area contributed by atoms with Crippen LogP contribution in [0.15, 0.2) is 18.3 Å². The molecular weight excluding hydrogens is 204 g/mol. The number of rotatable bonds is 8. The van der Waals surface area contributed by atoms with Gasteiger partial charge in [-0.2, -0.15) is 0 Å². The molecule has 1 aromatic rings. The number of hydrogen-bond acceptors (Lipinski definition) is 4. The zero-order valence-corrected chi connectivity index (χ0v) is 10.0. The average molecular weight is 224 g/mol. The number of ether oxygens (including phenoxy) is 2. The van der Waals surface area contributed by atoms with E-state index in [1.807, 2.05) is 18.3 Å². The number of hydrogen-bond donors (Lipinski definition) is 1. The number of pyridine rings is 1. The Morgan fingerprint density at radius 2 is 2.19 bits per heavy atom. The number of anilines is 1. The van der Waals surface area contributed by atoms with Gasteiger partial charge in [-0.15, -0.1) is 0 Å². The maximum atomic E-state index is 5.35. The minimum atomic E-state index is 0.660. The summed E-state index contributed by atoms with van der Waals surface area (Å²) in [5.41, 5.74) is 1.22. The van der Waals surface area contributed by atoms with E-state index in [2.05, 4.69) is 17.2 Å². The number of nitrogens with zero attached hydrogens (tertiary/aromatic N) is 1. The van der Waals surface area contributed by atoms with Crippen LogP contribution < -0.4 is 5.32 Å². The second-order valence-electron chi connectivity index (χ2n) is 3.60. The third-order valence-electron chi connectivity index (χ3n) is 2.12. The summed E-state index contributed by atoms with van der Waals surface area (Å²) in [6.07, 6.45) is 2.78. The zero-order chi connectivity index (χ0) is 11.6. The summed E-state index contributed by atoms with van der Waals surface area (Å²) in [5, 5.41) is 3.25. The van der Waals surface area contributed by atoms with Crippen LogP contribution >= 0.6 is 0 Å². The Bertz CT molecular complexity index is 292. The normalized spacial score (nSPS) is 10.4. The van der Waals surface area contributed by atoms with Crippen molar-refractivity contribution in [1.82, 2.24) is 4.98 Å². The van der Waals surface area contributed by atoms with Crippen LogP contribution in [-0.2, 0) is 9.47 Å². The van der Waals surface area contributed by atoms with Gasteiger partial charge in [0.15, 0.2) is 0 Å². The first-order chi connectivity index (χ1) is 7.83. The minimum absolute atomic E-state index is 0.660. The van der Waals surface area contributed by atoms with Crippen molar-refractivity contribution in [1.29, 1.82) is 0 Å². The van der Waals surface area contributed by atoms with E-state index in [4.69, 9.17) is 9.47 Å². The first kappa shape index (κ1) is 12.9. The van der Waals surface area contributed by atoms with Crippen molar-refractivity contribution in [2.75, 3.05) is 38.8 Å². The molecule has 90 valence electrons. The number of aryl methyl sites for hydroxylation is 1. The quantitative estimate of drug-likeness (QED) is 0.684. The highest BCUT2D eigenvalue weighted by Gasteiger charge is 1.93. The first-order valence-corrected chi connectivity index (χ1v) is 5.56. The Balaban J connectivity index is 2.03. The van der Waals surface area contributed by atoms with Gasteiger partial charge < -0.3 is 14.8 Å². The van der Waals surface area contributed by atoms with E-state index in [9.17, 15) is 0 Å². The van der Waals surface area contributed by atoms with Crippen molar-refractivity contribution < 1.29 is 9.47 Å². The SMILES string of the molecule is COCCOCCCNc1cc(C)ccn1. The monoisotopic (exact) mass is 224 g/mol. The predicted molar refractivity (Wildman–Crippen MR) is 64.8 cm³/mol. The zero-order valence-electron chi connectivity index (χ0n) is 10.0. The van der Waals surface area contributed by atoms with Crippen LogP contribution in [0.3, 0.4) is 0 Å². The lowest BCUT2D eigenvalue weighted by Crippen LogP contribution is -2.09. The lowest BCUT2D eigenvalue weighted by Gasteiger charge is -2.06. The van der Waals surface area contributed by atoms with E-state index in [-0.39, 0.29) is 0 Å². The molecule has 0 fully saturated rings. The Hall–Kier alpha value is -1.13. The Kier molecular flexibility index (Phi) is 6.53. The van der Waals surface area contributed by atoms with Gasteiger partial charge in [-0.1, -0.05) is 0 Å². The van der Waals surface area contributed by atoms with Crippen LogP contribution in [0.25, 0.3) is 0 Å². The molecule has 0 aromatic carbocycles. The lowest BCUT2D eigenvalue weighted by atomic mass is 10.3. The second-order valence-corrected chi connectivity index (χ2v) is 3.60. The van der Waals surface area contributed by atoms with Gasteiger partial charge in [0, 0.05) is 26.5 Å². The minimum Gasteiger partial charge on any atom is -0.382 e. The van der Waals surface area contributed by atoms with E-state index in [0.717, 1.165) is 25.4 Å². The molecule has 0 aliphatic carbocycles. The molecule has 0 saturated carbocycles. The highest BCUT2D eigenvalue weighted by Crippen LogP contribution is 2.04. The van der Waals surface area contributed by atoms with E-state index in [0.29, 0.717) is 13.2 Å². The largest absolute Gasteiger partial charge is 0.382 e. The van der Waals surface area contributed by atoms with Gasteiger partial charge in [0.1, 0.15) is 5.82 Å². The molecule has 4 heteroatoms. The highest BCUT2D eigenvalue weighted by atomic mass is 16.5. The number of aromatic nitrogens is 1. The fraction of sp³-hybridized carbons (Fsp3) is 0.583. The molecule has 1 aromatic heterocycles. The van der Waals surface area contributed by atoms with Gasteiger partial charge in [-0.05, 0) is 31.0 Å². The summed E-state index contributed by atoms with van der Waals surface area (Å²) in [5.74, 6) is 0.928. The van der Waals surface area contributed by atoms with Crippen molar-refractivity contribution in [3.63, 3.8) is 0 Å². The topological polar surface area (TPSA) is 43.4 Å². The van der Waals surface area contributed by atoms with E-state index in [1.54, 1.807) is 7.11 Å². The number of methoxy groups -OCH3 is 1. The molecule has 16 heavy (non-hydrogen) atoms. The summed E-state index contributed by atoms with van der Waals surface area (Å²) in [4.78, 5) is 4.21. The van der Waals surface area contributed by atoms with Crippen LogP contribution in [0.5, 0.6) is 0 Å². The summed E-state index contributed by atoms with van der Waals surface area (Å²) in [7, 11) is 1.67. The van der Waals surface area contributed by atoms with E-state index < -0.39 is 0 Å². The molecule has 0 aliphatic heterocycles. The second kappa shape index (κ2) is 8.07. The molecule has 0 aliphatic rings. The first-order valence-electron chi connectivity index (χ1n) is 5.56. The van der Waals surface area contributed by atoms with Gasteiger partial charge in [0.2, 0.25) is 0 Å². The van der Waals surface area contributed by atoms with E-state index >= 15 is 0 Å². The van der Waals surface area contributed by atoms with Crippen molar-refractivity contribution in [2.45, 2.75) is 13.3 Å². The Labute approximate surface area is 97.0 Å². The van der Waals surface area contributed by atoms with Gasteiger partial charge in [-0.3, -0.25) is 0 Å². The molecule has 0 amide bonds. The maximum Gasteiger partial charge on any atom is 0.126 e. The lowest BCUT2D eigenvalue weighted by molar-refractivity contribution is 0.0705. The molecule has 0 saturated heterocycles. The van der Waals surface area contributed by atoms with Crippen LogP contribution in [0, 0.1) is 6.92 Å². The standard InChI is InChI=1S/C12H20N2O2/c1-11-4-6-14-12(10-11)13-5-3-7-16-9-8-15-2/h4,6,10H,3,5,7-9H2,1-2H3,(H,13,14). The molecule has 1 N–H and O–H groups in total. The third-order valence-corrected chi connectivity index (χ3v) is 2.12. The molecule has 0 spiro atoms. The number of nitrogens with one attached hydrogen (secondary N) is 1. The molecular formula is C12H20N2O2. The van der Waals surface area contributed by atoms with Crippen molar-refractivity contribution in [2.24, 2.45) is 0 Å². The Morgan fingerprint density at radius 3 is 2.94 bits per heavy atom. The van der Waals surface area contributed by atoms with Gasteiger partial charge >= 0.3 is 0 Å². The van der Waals surface area contributed by atoms with Crippen LogP contribution in [0.1, 0.15) is 12.0 Å². The fourth-order valence-corrected chi connectivity index (χ4v) is 1.27. The van der Waals surface area contributed by atoms with E-state index in [1.165, 1.54) is 5.56 Å². The summed E-state index contributed by atoms with van der Waals surface area (Å²) in [6.45, 7) is 5.01. The van der Waals surface area contributed by atoms with Crippen molar-refractivity contribution in [3.05, 3.63) is 23.9 Å². The van der Waals surface area contributed by atoms with Gasteiger partial charge in [0.05, 0.1) is 13.2 Å². The van der Waals surface area contributed by atoms with Crippen LogP contribution in [0.2, 0.25) is 0 Å². The third kappa shape index (κ3) is 5.68. The molecule has 0 unspecified atom stereocenters. The van der Waals surface area contributed by atoms with Crippen LogP contribution in [0.4, 0.5) is 5.82 Å². The highest BCUT2D eigenvalue weighted by molar-refractivity contribution is 5.36.